The molecule has 1 aromatic rings. The van der Waals surface area contributed by atoms with Gasteiger partial charge in [-0.3, -0.25) is 9.59 Å². The second-order valence-electron chi connectivity index (χ2n) is 4.97. The van der Waals surface area contributed by atoms with Crippen LogP contribution in [0.3, 0.4) is 0 Å². The maximum absolute atomic E-state index is 11.9. The van der Waals surface area contributed by atoms with E-state index in [0.717, 1.165) is 0 Å². The lowest BCUT2D eigenvalue weighted by Gasteiger charge is -2.22. The molecule has 1 aromatic carbocycles. The van der Waals surface area contributed by atoms with Crippen LogP contribution in [0, 0.1) is 0 Å². The highest BCUT2D eigenvalue weighted by Gasteiger charge is 2.41. The van der Waals surface area contributed by atoms with Crippen LogP contribution in [0.5, 0.6) is 0 Å². The molecular weight excluding hydrogens is 258 g/mol. The maximum Gasteiger partial charge on any atom is 0.424 e. The number of carbonyl (C=O) groups is 3. The quantitative estimate of drug-likeness (QED) is 0.683. The van der Waals surface area contributed by atoms with Crippen LogP contribution >= 0.6 is 0 Å². The summed E-state index contributed by atoms with van der Waals surface area (Å²) in [5.74, 6) is -1.27. The van der Waals surface area contributed by atoms with Crippen molar-refractivity contribution < 1.29 is 19.1 Å². The fraction of sp³-hybridized carbons (Fsp3) is 0.400. The molecule has 0 spiro atoms. The summed E-state index contributed by atoms with van der Waals surface area (Å²) in [4.78, 5) is 36.2. The molecule has 0 N–H and O–H groups in total. The van der Waals surface area contributed by atoms with E-state index < -0.39 is 23.5 Å². The van der Waals surface area contributed by atoms with E-state index in [1.165, 1.54) is 12.1 Å². The van der Waals surface area contributed by atoms with Crippen molar-refractivity contribution in [2.24, 2.45) is 0 Å². The molecule has 0 aromatic heterocycles. The normalized spacial score (nSPS) is 13.6. The maximum atomic E-state index is 11.9. The molecule has 0 unspecified atom stereocenters. The van der Waals surface area contributed by atoms with Gasteiger partial charge in [-0.05, 0) is 32.9 Å². The minimum Gasteiger partial charge on any atom is -0.443 e. The fourth-order valence-corrected chi connectivity index (χ4v) is 1.66. The molecule has 3 amide bonds. The molecule has 2 rings (SSSR count). The number of benzene rings is 1. The number of amides is 3. The van der Waals surface area contributed by atoms with Gasteiger partial charge in [0.25, 0.3) is 11.8 Å². The monoisotopic (exact) mass is 277 g/mol. The lowest BCUT2D eigenvalue weighted by molar-refractivity contribution is 0.0255. The SMILES string of the molecule is CC.CC(C)(C)OC(=O)N1C(=O)c2ccccc2C1=O. The molecule has 0 saturated heterocycles. The Morgan fingerprint density at radius 2 is 1.40 bits per heavy atom. The summed E-state index contributed by atoms with van der Waals surface area (Å²) in [6, 6.07) is 6.31. The van der Waals surface area contributed by atoms with E-state index in [1.807, 2.05) is 13.8 Å². The number of hydrogen-bond donors (Lipinski definition) is 0. The first-order valence-electron chi connectivity index (χ1n) is 6.52. The largest absolute Gasteiger partial charge is 0.443 e. The Morgan fingerprint density at radius 1 is 1.00 bits per heavy atom. The van der Waals surface area contributed by atoms with Gasteiger partial charge < -0.3 is 4.74 Å². The smallest absolute Gasteiger partial charge is 0.424 e. The van der Waals surface area contributed by atoms with Crippen LogP contribution in [0.15, 0.2) is 24.3 Å². The molecule has 20 heavy (non-hydrogen) atoms. The second-order valence-corrected chi connectivity index (χ2v) is 4.97. The van der Waals surface area contributed by atoms with Crippen LogP contribution < -0.4 is 0 Å². The predicted octanol–water partition coefficient (Wildman–Crippen LogP) is 3.24. The lowest BCUT2D eigenvalue weighted by Crippen LogP contribution is -2.40. The van der Waals surface area contributed by atoms with Crippen molar-refractivity contribution >= 4 is 17.9 Å². The summed E-state index contributed by atoms with van der Waals surface area (Å²) in [6.07, 6.45) is -0.936. The fourth-order valence-electron chi connectivity index (χ4n) is 1.66. The standard InChI is InChI=1S/C13H13NO4.C2H6/c1-13(2,3)18-12(17)14-10(15)8-6-4-5-7-9(8)11(14)16;1-2/h4-7H,1-3H3;1-2H3. The second kappa shape index (κ2) is 5.86. The zero-order chi connectivity index (χ0) is 15.5. The first kappa shape index (κ1) is 15.9. The van der Waals surface area contributed by atoms with Crippen LogP contribution in [0.1, 0.15) is 55.3 Å². The van der Waals surface area contributed by atoms with Gasteiger partial charge in [0, 0.05) is 0 Å². The summed E-state index contributed by atoms with van der Waals surface area (Å²) < 4.78 is 5.04. The molecule has 0 radical (unpaired) electrons. The van der Waals surface area contributed by atoms with Crippen molar-refractivity contribution in [3.05, 3.63) is 35.4 Å². The molecular formula is C15H19NO4. The third-order valence-electron chi connectivity index (χ3n) is 2.37. The Kier molecular flexibility index (Phi) is 4.65. The van der Waals surface area contributed by atoms with Crippen LogP contribution in [0.4, 0.5) is 4.79 Å². The number of rotatable bonds is 0. The van der Waals surface area contributed by atoms with Crippen molar-refractivity contribution in [3.63, 3.8) is 0 Å². The Balaban J connectivity index is 0.000000956. The number of hydrogen-bond acceptors (Lipinski definition) is 4. The number of imide groups is 3. The molecule has 0 bridgehead atoms. The van der Waals surface area contributed by atoms with Gasteiger partial charge in [0.15, 0.2) is 0 Å². The van der Waals surface area contributed by atoms with Gasteiger partial charge in [-0.2, -0.15) is 4.90 Å². The predicted molar refractivity (Wildman–Crippen MR) is 74.5 cm³/mol. The van der Waals surface area contributed by atoms with Gasteiger partial charge in [0.2, 0.25) is 0 Å². The lowest BCUT2D eigenvalue weighted by atomic mass is 10.1. The minimum atomic E-state index is -0.936. The molecule has 5 heteroatoms. The topological polar surface area (TPSA) is 63.7 Å². The Labute approximate surface area is 118 Å². The molecule has 0 aliphatic carbocycles. The van der Waals surface area contributed by atoms with E-state index in [0.29, 0.717) is 4.90 Å². The van der Waals surface area contributed by atoms with Gasteiger partial charge in [0.05, 0.1) is 11.1 Å². The van der Waals surface area contributed by atoms with Gasteiger partial charge in [-0.25, -0.2) is 4.79 Å². The summed E-state index contributed by atoms with van der Waals surface area (Å²) in [6.45, 7) is 9.01. The average molecular weight is 277 g/mol. The van der Waals surface area contributed by atoms with Crippen LogP contribution in [-0.4, -0.2) is 28.4 Å². The number of fused-ring (bicyclic) bond motifs is 1. The van der Waals surface area contributed by atoms with E-state index in [4.69, 9.17) is 4.74 Å². The Morgan fingerprint density at radius 3 is 1.75 bits per heavy atom. The summed E-state index contributed by atoms with van der Waals surface area (Å²) in [5, 5.41) is 0. The van der Waals surface area contributed by atoms with Crippen molar-refractivity contribution in [1.82, 2.24) is 4.90 Å². The van der Waals surface area contributed by atoms with E-state index in [-0.39, 0.29) is 11.1 Å². The average Bonchev–Trinajstić information content (AvgIpc) is 2.63. The molecule has 1 heterocycles. The summed E-state index contributed by atoms with van der Waals surface area (Å²) >= 11 is 0. The van der Waals surface area contributed by atoms with E-state index in [9.17, 15) is 14.4 Å². The third kappa shape index (κ3) is 3.04. The van der Waals surface area contributed by atoms with Crippen molar-refractivity contribution in [3.8, 4) is 0 Å². The molecule has 0 atom stereocenters. The zero-order valence-electron chi connectivity index (χ0n) is 12.4. The third-order valence-corrected chi connectivity index (χ3v) is 2.37. The first-order valence-corrected chi connectivity index (χ1v) is 6.52. The van der Waals surface area contributed by atoms with E-state index >= 15 is 0 Å². The minimum absolute atomic E-state index is 0.230. The van der Waals surface area contributed by atoms with Crippen molar-refractivity contribution in [1.29, 1.82) is 0 Å². The highest BCUT2D eigenvalue weighted by molar-refractivity contribution is 6.28. The van der Waals surface area contributed by atoms with Gasteiger partial charge in [0.1, 0.15) is 5.60 Å². The van der Waals surface area contributed by atoms with Gasteiger partial charge in [-0.15, -0.1) is 0 Å². The van der Waals surface area contributed by atoms with Crippen molar-refractivity contribution in [2.75, 3.05) is 0 Å². The first-order chi connectivity index (χ1) is 9.31. The van der Waals surface area contributed by atoms with Crippen LogP contribution in [-0.2, 0) is 4.74 Å². The number of nitrogens with zero attached hydrogens (tertiary/aromatic N) is 1. The number of carbonyl (C=O) groups excluding carboxylic acids is 3. The van der Waals surface area contributed by atoms with E-state index in [2.05, 4.69) is 0 Å². The van der Waals surface area contributed by atoms with Crippen LogP contribution in [0.25, 0.3) is 0 Å². The molecule has 108 valence electrons. The van der Waals surface area contributed by atoms with Crippen LogP contribution in [0.2, 0.25) is 0 Å². The highest BCUT2D eigenvalue weighted by Crippen LogP contribution is 2.24. The zero-order valence-corrected chi connectivity index (χ0v) is 12.4. The molecule has 5 nitrogen and oxygen atoms in total. The van der Waals surface area contributed by atoms with Gasteiger partial charge >= 0.3 is 6.09 Å². The summed E-state index contributed by atoms with van der Waals surface area (Å²) in [5.41, 5.74) is -0.298. The molecule has 1 aliphatic rings. The molecule has 0 saturated carbocycles. The summed E-state index contributed by atoms with van der Waals surface area (Å²) in [7, 11) is 0. The Bertz CT molecular complexity index is 508. The molecule has 1 aliphatic heterocycles. The molecule has 0 fully saturated rings. The highest BCUT2D eigenvalue weighted by atomic mass is 16.6. The van der Waals surface area contributed by atoms with Crippen molar-refractivity contribution in [2.45, 2.75) is 40.2 Å². The number of ether oxygens (including phenoxy) is 1. The van der Waals surface area contributed by atoms with Gasteiger partial charge in [-0.1, -0.05) is 26.0 Å². The van der Waals surface area contributed by atoms with E-state index in [1.54, 1.807) is 32.9 Å². The Hall–Kier alpha value is -2.17.